The van der Waals surface area contributed by atoms with E-state index < -0.39 is 35.5 Å². The average Bonchev–Trinajstić information content (AvgIpc) is 3.59. The van der Waals surface area contributed by atoms with Crippen LogP contribution in [0, 0.1) is 23.1 Å². The first-order chi connectivity index (χ1) is 20.0. The van der Waals surface area contributed by atoms with Crippen LogP contribution in [0.1, 0.15) is 75.2 Å². The van der Waals surface area contributed by atoms with Gasteiger partial charge in [0.2, 0.25) is 5.91 Å². The average molecular weight is 575 g/mol. The molecular weight excluding hydrogens is 535 g/mol. The summed E-state index contributed by atoms with van der Waals surface area (Å²) in [5.74, 6) is -0.854. The maximum atomic E-state index is 15.2. The van der Waals surface area contributed by atoms with Gasteiger partial charge in [-0.2, -0.15) is 5.26 Å². The number of rotatable bonds is 6. The number of hydrogen-bond acceptors (Lipinski definition) is 5. The van der Waals surface area contributed by atoms with Gasteiger partial charge in [0.1, 0.15) is 23.5 Å². The predicted molar refractivity (Wildman–Crippen MR) is 156 cm³/mol. The quantitative estimate of drug-likeness (QED) is 0.494. The van der Waals surface area contributed by atoms with Crippen molar-refractivity contribution in [2.75, 3.05) is 13.1 Å². The maximum absolute atomic E-state index is 15.2. The van der Waals surface area contributed by atoms with E-state index in [0.29, 0.717) is 16.7 Å². The van der Waals surface area contributed by atoms with Gasteiger partial charge in [0.15, 0.2) is 0 Å². The van der Waals surface area contributed by atoms with Crippen molar-refractivity contribution in [3.05, 3.63) is 59.4 Å². The molecule has 5 rings (SSSR count). The zero-order valence-electron chi connectivity index (χ0n) is 24.6. The first-order valence-electron chi connectivity index (χ1n) is 14.9. The van der Waals surface area contributed by atoms with Crippen LogP contribution in [0.25, 0.3) is 11.1 Å². The molecule has 2 aromatic carbocycles. The molecule has 1 N–H and O–H groups in total. The zero-order chi connectivity index (χ0) is 30.0. The Bertz CT molecular complexity index is 1370. The summed E-state index contributed by atoms with van der Waals surface area (Å²) in [6, 6.07) is 12.3. The van der Waals surface area contributed by atoms with E-state index in [1.54, 1.807) is 45.0 Å². The minimum absolute atomic E-state index is 0.00905. The predicted octanol–water partition coefficient (Wildman–Crippen LogP) is 5.46. The highest BCUT2D eigenvalue weighted by atomic mass is 19.1. The van der Waals surface area contributed by atoms with Crippen molar-refractivity contribution < 1.29 is 23.5 Å². The van der Waals surface area contributed by atoms with E-state index in [-0.39, 0.29) is 24.3 Å². The number of likely N-dealkylation sites (tertiary alicyclic amines) is 2. The SMILES string of the molecule is CC(C)(C)OC(=O)N1[C@@H]2CC[C@@H](C2)[C@H]1C(=O)N[C@H](C#N)Cc1ccc(-c2ccc(C(=O)N3CCCCC3)cc2)cc1F. The third-order valence-electron chi connectivity index (χ3n) is 8.52. The summed E-state index contributed by atoms with van der Waals surface area (Å²) in [6.07, 6.45) is 5.07. The Balaban J connectivity index is 1.23. The molecule has 0 aromatic heterocycles. The standard InChI is InChI=1S/C33H39FN4O4/c1-33(2,3)42-32(41)38-27-14-13-25(18-27)29(38)30(39)36-26(20-35)17-24-12-11-23(19-28(24)34)21-7-9-22(10-8-21)31(40)37-15-5-4-6-16-37/h7-12,19,25-27,29H,4-6,13-18H2,1-3H3,(H,36,39)/t25-,26-,27+,29-/m0/s1. The van der Waals surface area contributed by atoms with Crippen LogP contribution in [-0.4, -0.2) is 64.5 Å². The molecule has 2 heterocycles. The zero-order valence-corrected chi connectivity index (χ0v) is 24.6. The van der Waals surface area contributed by atoms with Crippen molar-refractivity contribution in [1.82, 2.24) is 15.1 Å². The molecule has 3 fully saturated rings. The number of piperidine rings is 2. The molecule has 222 valence electrons. The van der Waals surface area contributed by atoms with Gasteiger partial charge in [0.25, 0.3) is 5.91 Å². The van der Waals surface area contributed by atoms with Crippen molar-refractivity contribution in [3.8, 4) is 17.2 Å². The normalized spacial score (nSPS) is 22.4. The summed E-state index contributed by atoms with van der Waals surface area (Å²) in [5, 5.41) is 12.6. The van der Waals surface area contributed by atoms with E-state index in [2.05, 4.69) is 11.4 Å². The summed E-state index contributed by atoms with van der Waals surface area (Å²) in [6.45, 7) is 6.91. The molecule has 4 atom stereocenters. The first kappa shape index (κ1) is 29.6. The molecule has 0 unspecified atom stereocenters. The number of hydrogen-bond donors (Lipinski definition) is 1. The molecule has 2 aliphatic heterocycles. The topological polar surface area (TPSA) is 103 Å². The highest BCUT2D eigenvalue weighted by molar-refractivity contribution is 5.94. The van der Waals surface area contributed by atoms with Crippen LogP contribution in [0.2, 0.25) is 0 Å². The number of carbonyl (C=O) groups excluding carboxylic acids is 3. The number of fused-ring (bicyclic) bond motifs is 2. The van der Waals surface area contributed by atoms with Crippen molar-refractivity contribution in [2.45, 2.75) is 89.4 Å². The summed E-state index contributed by atoms with van der Waals surface area (Å²) >= 11 is 0. The highest BCUT2D eigenvalue weighted by Gasteiger charge is 2.52. The van der Waals surface area contributed by atoms with Gasteiger partial charge in [-0.15, -0.1) is 0 Å². The van der Waals surface area contributed by atoms with E-state index >= 15 is 4.39 Å². The Kier molecular flexibility index (Phi) is 8.53. The van der Waals surface area contributed by atoms with E-state index in [9.17, 15) is 19.6 Å². The molecule has 0 spiro atoms. The Morgan fingerprint density at radius 1 is 1.05 bits per heavy atom. The van der Waals surface area contributed by atoms with Crippen molar-refractivity contribution in [1.29, 1.82) is 5.26 Å². The summed E-state index contributed by atoms with van der Waals surface area (Å²) in [5.41, 5.74) is 1.66. The second-order valence-electron chi connectivity index (χ2n) is 12.7. The first-order valence-corrected chi connectivity index (χ1v) is 14.9. The monoisotopic (exact) mass is 574 g/mol. The van der Waals surface area contributed by atoms with Crippen LogP contribution in [0.4, 0.5) is 9.18 Å². The Morgan fingerprint density at radius 3 is 2.38 bits per heavy atom. The van der Waals surface area contributed by atoms with Crippen molar-refractivity contribution >= 4 is 17.9 Å². The molecule has 2 saturated heterocycles. The molecule has 1 saturated carbocycles. The molecule has 8 nitrogen and oxygen atoms in total. The number of halogens is 1. The minimum Gasteiger partial charge on any atom is -0.444 e. The maximum Gasteiger partial charge on any atom is 0.411 e. The minimum atomic E-state index is -0.961. The van der Waals surface area contributed by atoms with Gasteiger partial charge in [0, 0.05) is 31.1 Å². The molecule has 1 aliphatic carbocycles. The lowest BCUT2D eigenvalue weighted by atomic mass is 9.96. The second-order valence-corrected chi connectivity index (χ2v) is 12.7. The molecular formula is C33H39FN4O4. The summed E-state index contributed by atoms with van der Waals surface area (Å²) in [7, 11) is 0. The van der Waals surface area contributed by atoms with Gasteiger partial charge in [0.05, 0.1) is 6.07 Å². The van der Waals surface area contributed by atoms with Crippen LogP contribution in [0.5, 0.6) is 0 Å². The van der Waals surface area contributed by atoms with Crippen LogP contribution in [0.15, 0.2) is 42.5 Å². The molecule has 3 aliphatic rings. The second kappa shape index (κ2) is 12.1. The lowest BCUT2D eigenvalue weighted by Crippen LogP contribution is -2.55. The summed E-state index contributed by atoms with van der Waals surface area (Å²) < 4.78 is 20.8. The number of amides is 3. The molecule has 2 aromatic rings. The van der Waals surface area contributed by atoms with Gasteiger partial charge in [-0.1, -0.05) is 24.3 Å². The molecule has 2 bridgehead atoms. The molecule has 42 heavy (non-hydrogen) atoms. The third-order valence-corrected chi connectivity index (χ3v) is 8.52. The van der Waals surface area contributed by atoms with Gasteiger partial charge in [-0.3, -0.25) is 14.5 Å². The van der Waals surface area contributed by atoms with E-state index in [4.69, 9.17) is 4.74 Å². The fourth-order valence-corrected chi connectivity index (χ4v) is 6.49. The number of nitriles is 1. The fraction of sp³-hybridized carbons (Fsp3) is 0.515. The van der Waals surface area contributed by atoms with Crippen molar-refractivity contribution in [2.24, 2.45) is 5.92 Å². The van der Waals surface area contributed by atoms with Crippen LogP contribution >= 0.6 is 0 Å². The third kappa shape index (κ3) is 6.43. The lowest BCUT2D eigenvalue weighted by Gasteiger charge is -2.35. The number of benzene rings is 2. The Labute approximate surface area is 246 Å². The Hall–Kier alpha value is -3.93. The smallest absolute Gasteiger partial charge is 0.411 e. The molecule has 9 heteroatoms. The largest absolute Gasteiger partial charge is 0.444 e. The fourth-order valence-electron chi connectivity index (χ4n) is 6.49. The lowest BCUT2D eigenvalue weighted by molar-refractivity contribution is -0.128. The molecule has 3 amide bonds. The van der Waals surface area contributed by atoms with Crippen LogP contribution in [0.3, 0.4) is 0 Å². The summed E-state index contributed by atoms with van der Waals surface area (Å²) in [4.78, 5) is 42.4. The van der Waals surface area contributed by atoms with Crippen LogP contribution < -0.4 is 5.32 Å². The van der Waals surface area contributed by atoms with Gasteiger partial charge in [-0.05, 0) is 100 Å². The van der Waals surface area contributed by atoms with E-state index in [0.717, 1.165) is 57.2 Å². The number of nitrogens with zero attached hydrogens (tertiary/aromatic N) is 3. The van der Waals surface area contributed by atoms with Gasteiger partial charge < -0.3 is 15.0 Å². The molecule has 0 radical (unpaired) electrons. The van der Waals surface area contributed by atoms with E-state index in [1.165, 1.54) is 11.0 Å². The Morgan fingerprint density at radius 2 is 1.74 bits per heavy atom. The number of ether oxygens (including phenoxy) is 1. The highest BCUT2D eigenvalue weighted by Crippen LogP contribution is 2.43. The van der Waals surface area contributed by atoms with Crippen LogP contribution in [-0.2, 0) is 16.0 Å². The van der Waals surface area contributed by atoms with Crippen molar-refractivity contribution in [3.63, 3.8) is 0 Å². The van der Waals surface area contributed by atoms with Gasteiger partial charge >= 0.3 is 6.09 Å². The number of carbonyl (C=O) groups is 3. The van der Waals surface area contributed by atoms with E-state index in [1.807, 2.05) is 17.0 Å². The van der Waals surface area contributed by atoms with Gasteiger partial charge in [-0.25, -0.2) is 9.18 Å². The number of nitrogens with one attached hydrogen (secondary N) is 1.